The first-order valence-electron chi connectivity index (χ1n) is 9.86. The number of sulfonamides is 1. The maximum absolute atomic E-state index is 13.2. The number of carbonyl (C=O) groups excluding carboxylic acids is 1. The SMILES string of the molecule is CNS(=O)(=O)c1cccc(NC(=O)c2c3ccccc3nn2CC2CCOCC2)c1. The molecule has 3 aromatic rings. The molecule has 2 aromatic carbocycles. The molecule has 1 fully saturated rings. The van der Waals surface area contributed by atoms with E-state index in [1.54, 1.807) is 16.8 Å². The zero-order valence-electron chi connectivity index (χ0n) is 16.7. The van der Waals surface area contributed by atoms with E-state index in [-0.39, 0.29) is 10.8 Å². The highest BCUT2D eigenvalue weighted by Crippen LogP contribution is 2.24. The average molecular weight is 429 g/mol. The van der Waals surface area contributed by atoms with Gasteiger partial charge in [0.25, 0.3) is 5.91 Å². The van der Waals surface area contributed by atoms with Crippen molar-refractivity contribution in [3.8, 4) is 0 Å². The van der Waals surface area contributed by atoms with E-state index in [4.69, 9.17) is 4.74 Å². The Labute approximate surface area is 175 Å². The van der Waals surface area contributed by atoms with Crippen LogP contribution in [0.5, 0.6) is 0 Å². The standard InChI is InChI=1S/C21H24N4O4S/c1-22-30(27,28)17-6-4-5-16(13-17)23-21(26)20-18-7-2-3-8-19(18)24-25(20)14-15-9-11-29-12-10-15/h2-8,13,15,22H,9-12,14H2,1H3,(H,23,26). The van der Waals surface area contributed by atoms with E-state index in [1.807, 2.05) is 24.3 Å². The zero-order valence-corrected chi connectivity index (χ0v) is 17.5. The molecule has 1 aliphatic heterocycles. The Bertz CT molecular complexity index is 1170. The van der Waals surface area contributed by atoms with Gasteiger partial charge in [-0.1, -0.05) is 24.3 Å². The number of amides is 1. The van der Waals surface area contributed by atoms with Crippen LogP contribution in [0.4, 0.5) is 5.69 Å². The molecule has 0 bridgehead atoms. The predicted molar refractivity (Wildman–Crippen MR) is 114 cm³/mol. The topological polar surface area (TPSA) is 102 Å². The zero-order chi connectivity index (χ0) is 21.1. The van der Waals surface area contributed by atoms with Crippen LogP contribution in [0.3, 0.4) is 0 Å². The summed E-state index contributed by atoms with van der Waals surface area (Å²) in [6.07, 6.45) is 1.86. The number of nitrogens with zero attached hydrogens (tertiary/aromatic N) is 2. The van der Waals surface area contributed by atoms with Crippen molar-refractivity contribution in [1.82, 2.24) is 14.5 Å². The summed E-state index contributed by atoms with van der Waals surface area (Å²) in [7, 11) is -2.25. The number of hydrogen-bond acceptors (Lipinski definition) is 5. The van der Waals surface area contributed by atoms with Crippen LogP contribution in [0.15, 0.2) is 53.4 Å². The number of rotatable bonds is 6. The highest BCUT2D eigenvalue weighted by atomic mass is 32.2. The summed E-state index contributed by atoms with van der Waals surface area (Å²) in [5.74, 6) is 0.0680. The summed E-state index contributed by atoms with van der Waals surface area (Å²) in [4.78, 5) is 13.3. The monoisotopic (exact) mass is 428 g/mol. The van der Waals surface area contributed by atoms with Gasteiger partial charge >= 0.3 is 0 Å². The summed E-state index contributed by atoms with van der Waals surface area (Å²) in [5, 5.41) is 8.25. The fraction of sp³-hybridized carbons (Fsp3) is 0.333. The van der Waals surface area contributed by atoms with Crippen LogP contribution in [0, 0.1) is 5.92 Å². The van der Waals surface area contributed by atoms with Crippen LogP contribution in [0.1, 0.15) is 23.3 Å². The van der Waals surface area contributed by atoms with Crippen LogP contribution < -0.4 is 10.0 Å². The van der Waals surface area contributed by atoms with Crippen molar-refractivity contribution in [2.24, 2.45) is 5.92 Å². The predicted octanol–water partition coefficient (Wildman–Crippen LogP) is 2.62. The molecule has 0 spiro atoms. The molecule has 2 heterocycles. The van der Waals surface area contributed by atoms with Crippen molar-refractivity contribution >= 4 is 32.5 Å². The van der Waals surface area contributed by atoms with Gasteiger partial charge in [0.05, 0.1) is 10.4 Å². The van der Waals surface area contributed by atoms with Crippen molar-refractivity contribution in [2.75, 3.05) is 25.6 Å². The molecule has 1 aliphatic rings. The van der Waals surface area contributed by atoms with E-state index in [1.165, 1.54) is 19.2 Å². The molecule has 0 unspecified atom stereocenters. The Hall–Kier alpha value is -2.75. The van der Waals surface area contributed by atoms with Gasteiger partial charge in [0.15, 0.2) is 0 Å². The van der Waals surface area contributed by atoms with Crippen LogP contribution in [-0.4, -0.2) is 44.4 Å². The van der Waals surface area contributed by atoms with E-state index in [0.29, 0.717) is 23.8 Å². The molecule has 2 N–H and O–H groups in total. The van der Waals surface area contributed by atoms with E-state index in [9.17, 15) is 13.2 Å². The van der Waals surface area contributed by atoms with Gasteiger partial charge < -0.3 is 10.1 Å². The van der Waals surface area contributed by atoms with Crippen LogP contribution in [-0.2, 0) is 21.3 Å². The van der Waals surface area contributed by atoms with Gasteiger partial charge in [0.2, 0.25) is 10.0 Å². The molecule has 0 saturated carbocycles. The van der Waals surface area contributed by atoms with Gasteiger partial charge in [-0.05, 0) is 50.1 Å². The highest BCUT2D eigenvalue weighted by molar-refractivity contribution is 7.89. The number of aromatic nitrogens is 2. The minimum absolute atomic E-state index is 0.0865. The van der Waals surface area contributed by atoms with Gasteiger partial charge in [-0.2, -0.15) is 5.10 Å². The molecule has 4 rings (SSSR count). The second-order valence-corrected chi connectivity index (χ2v) is 9.18. The first-order valence-corrected chi connectivity index (χ1v) is 11.3. The Morgan fingerprint density at radius 1 is 1.17 bits per heavy atom. The molecular weight excluding hydrogens is 404 g/mol. The fourth-order valence-corrected chi connectivity index (χ4v) is 4.45. The third-order valence-electron chi connectivity index (χ3n) is 5.30. The normalized spacial score (nSPS) is 15.4. The number of nitrogens with one attached hydrogen (secondary N) is 2. The van der Waals surface area contributed by atoms with Crippen molar-refractivity contribution in [2.45, 2.75) is 24.3 Å². The number of anilines is 1. The van der Waals surface area contributed by atoms with E-state index in [2.05, 4.69) is 15.1 Å². The number of fused-ring (bicyclic) bond motifs is 1. The molecule has 1 saturated heterocycles. The third-order valence-corrected chi connectivity index (χ3v) is 6.72. The Kier molecular flexibility index (Phi) is 5.85. The van der Waals surface area contributed by atoms with E-state index in [0.717, 1.165) is 37.0 Å². The second-order valence-electron chi connectivity index (χ2n) is 7.29. The molecule has 30 heavy (non-hydrogen) atoms. The van der Waals surface area contributed by atoms with Crippen LogP contribution >= 0.6 is 0 Å². The summed E-state index contributed by atoms with van der Waals surface area (Å²) >= 11 is 0. The molecule has 0 radical (unpaired) electrons. The quantitative estimate of drug-likeness (QED) is 0.628. The summed E-state index contributed by atoms with van der Waals surface area (Å²) in [6.45, 7) is 2.08. The summed E-state index contributed by atoms with van der Waals surface area (Å²) in [5.41, 5.74) is 1.62. The maximum Gasteiger partial charge on any atom is 0.274 e. The summed E-state index contributed by atoms with van der Waals surface area (Å²) in [6, 6.07) is 13.7. The number of carbonyl (C=O) groups is 1. The second kappa shape index (κ2) is 8.55. The minimum Gasteiger partial charge on any atom is -0.381 e. The lowest BCUT2D eigenvalue weighted by atomic mass is 10.0. The lowest BCUT2D eigenvalue weighted by Crippen LogP contribution is -2.25. The smallest absolute Gasteiger partial charge is 0.274 e. The number of hydrogen-bond donors (Lipinski definition) is 2. The van der Waals surface area contributed by atoms with Crippen molar-refractivity contribution in [3.05, 3.63) is 54.2 Å². The fourth-order valence-electron chi connectivity index (χ4n) is 3.67. The molecule has 0 aliphatic carbocycles. The highest BCUT2D eigenvalue weighted by Gasteiger charge is 2.23. The van der Waals surface area contributed by atoms with Crippen LogP contribution in [0.2, 0.25) is 0 Å². The Balaban J connectivity index is 1.66. The van der Waals surface area contributed by atoms with Crippen molar-refractivity contribution < 1.29 is 17.9 Å². The first-order chi connectivity index (χ1) is 14.5. The molecule has 158 valence electrons. The third kappa shape index (κ3) is 4.23. The Morgan fingerprint density at radius 3 is 2.70 bits per heavy atom. The van der Waals surface area contributed by atoms with Gasteiger partial charge in [-0.3, -0.25) is 9.48 Å². The summed E-state index contributed by atoms with van der Waals surface area (Å²) < 4.78 is 33.6. The largest absolute Gasteiger partial charge is 0.381 e. The molecule has 1 amide bonds. The molecule has 0 atom stereocenters. The van der Waals surface area contributed by atoms with E-state index >= 15 is 0 Å². The molecule has 8 nitrogen and oxygen atoms in total. The lowest BCUT2D eigenvalue weighted by molar-refractivity contribution is 0.0598. The number of benzene rings is 2. The van der Waals surface area contributed by atoms with Crippen molar-refractivity contribution in [1.29, 1.82) is 0 Å². The molecule has 1 aromatic heterocycles. The average Bonchev–Trinajstić information content (AvgIpc) is 3.12. The van der Waals surface area contributed by atoms with E-state index < -0.39 is 10.0 Å². The Morgan fingerprint density at radius 2 is 1.93 bits per heavy atom. The van der Waals surface area contributed by atoms with Gasteiger partial charge in [-0.25, -0.2) is 13.1 Å². The molecule has 9 heteroatoms. The number of ether oxygens (including phenoxy) is 1. The van der Waals surface area contributed by atoms with Crippen LogP contribution in [0.25, 0.3) is 10.9 Å². The maximum atomic E-state index is 13.2. The van der Waals surface area contributed by atoms with Crippen molar-refractivity contribution in [3.63, 3.8) is 0 Å². The van der Waals surface area contributed by atoms with Gasteiger partial charge in [0, 0.05) is 30.8 Å². The minimum atomic E-state index is -3.60. The lowest BCUT2D eigenvalue weighted by Gasteiger charge is -2.22. The first kappa shape index (κ1) is 20.5. The van der Waals surface area contributed by atoms with Gasteiger partial charge in [-0.15, -0.1) is 0 Å². The van der Waals surface area contributed by atoms with Gasteiger partial charge in [0.1, 0.15) is 5.69 Å². The molecular formula is C21H24N4O4S.